The molecule has 0 saturated heterocycles. The minimum atomic E-state index is -0.292. The smallest absolute Gasteiger partial charge is 0.122 e. The van der Waals surface area contributed by atoms with E-state index in [1.807, 2.05) is 7.05 Å². The van der Waals surface area contributed by atoms with E-state index < -0.39 is 0 Å². The first-order valence-electron chi connectivity index (χ1n) is 7.06. The fourth-order valence-corrected chi connectivity index (χ4v) is 2.87. The second kappa shape index (κ2) is 5.37. The molecule has 0 radical (unpaired) electrons. The molecule has 0 aromatic rings. The summed E-state index contributed by atoms with van der Waals surface area (Å²) < 4.78 is 0. The summed E-state index contributed by atoms with van der Waals surface area (Å²) in [6.45, 7) is 5.36. The van der Waals surface area contributed by atoms with Gasteiger partial charge in [-0.15, -0.1) is 0 Å². The molecule has 0 aliphatic heterocycles. The summed E-state index contributed by atoms with van der Waals surface area (Å²) in [7, 11) is 1.94. The molecule has 0 aromatic heterocycles. The molecule has 0 spiro atoms. The Bertz CT molecular complexity index is 288. The maximum Gasteiger partial charge on any atom is 0.122 e. The van der Waals surface area contributed by atoms with Crippen molar-refractivity contribution in [3.8, 4) is 6.07 Å². The summed E-state index contributed by atoms with van der Waals surface area (Å²) in [4.78, 5) is 2.47. The molecular formula is C14H25N3. The second-order valence-corrected chi connectivity index (χ2v) is 5.73. The first-order chi connectivity index (χ1) is 8.24. The molecule has 2 aliphatic carbocycles. The number of rotatable bonds is 7. The number of nitriles is 1. The van der Waals surface area contributed by atoms with Gasteiger partial charge in [0.05, 0.1) is 6.07 Å². The maximum atomic E-state index is 9.50. The van der Waals surface area contributed by atoms with E-state index in [9.17, 15) is 5.26 Å². The zero-order valence-corrected chi connectivity index (χ0v) is 11.2. The quantitative estimate of drug-likeness (QED) is 0.733. The van der Waals surface area contributed by atoms with Crippen LogP contribution in [-0.2, 0) is 0 Å². The van der Waals surface area contributed by atoms with Crippen LogP contribution in [0.25, 0.3) is 0 Å². The molecule has 0 bridgehead atoms. The molecule has 2 fully saturated rings. The van der Waals surface area contributed by atoms with Gasteiger partial charge >= 0.3 is 0 Å². The van der Waals surface area contributed by atoms with Crippen LogP contribution in [0.2, 0.25) is 0 Å². The predicted octanol–water partition coefficient (Wildman–Crippen LogP) is 2.00. The Morgan fingerprint density at radius 1 is 1.35 bits per heavy atom. The van der Waals surface area contributed by atoms with Crippen molar-refractivity contribution in [2.75, 3.05) is 26.7 Å². The summed E-state index contributed by atoms with van der Waals surface area (Å²) in [6.07, 6.45) is 6.61. The highest BCUT2D eigenvalue weighted by molar-refractivity contribution is 5.16. The summed E-state index contributed by atoms with van der Waals surface area (Å²) >= 11 is 0. The monoisotopic (exact) mass is 235 g/mol. The Morgan fingerprint density at radius 2 is 2.06 bits per heavy atom. The second-order valence-electron chi connectivity index (χ2n) is 5.73. The van der Waals surface area contributed by atoms with Gasteiger partial charge in [0, 0.05) is 13.1 Å². The molecule has 3 nitrogen and oxygen atoms in total. The van der Waals surface area contributed by atoms with Crippen LogP contribution in [0.5, 0.6) is 0 Å². The predicted molar refractivity (Wildman–Crippen MR) is 69.6 cm³/mol. The van der Waals surface area contributed by atoms with E-state index >= 15 is 0 Å². The van der Waals surface area contributed by atoms with Gasteiger partial charge in [0.1, 0.15) is 5.54 Å². The minimum absolute atomic E-state index is 0.292. The third-order valence-electron chi connectivity index (χ3n) is 4.58. The van der Waals surface area contributed by atoms with Crippen LogP contribution >= 0.6 is 0 Å². The van der Waals surface area contributed by atoms with E-state index in [0.717, 1.165) is 19.0 Å². The van der Waals surface area contributed by atoms with Gasteiger partial charge in [-0.3, -0.25) is 0 Å². The Labute approximate surface area is 105 Å². The lowest BCUT2D eigenvalue weighted by Gasteiger charge is -2.37. The summed E-state index contributed by atoms with van der Waals surface area (Å²) in [6, 6.07) is 2.55. The first-order valence-corrected chi connectivity index (χ1v) is 7.06. The van der Waals surface area contributed by atoms with Gasteiger partial charge < -0.3 is 10.2 Å². The highest BCUT2D eigenvalue weighted by atomic mass is 15.2. The minimum Gasteiger partial charge on any atom is -0.301 e. The van der Waals surface area contributed by atoms with Gasteiger partial charge in [-0.25, -0.2) is 0 Å². The topological polar surface area (TPSA) is 39.1 Å². The lowest BCUT2D eigenvalue weighted by Crippen LogP contribution is -2.54. The molecule has 1 atom stereocenters. The van der Waals surface area contributed by atoms with Crippen LogP contribution in [0.15, 0.2) is 0 Å². The molecule has 1 unspecified atom stereocenters. The Hall–Kier alpha value is -0.590. The molecule has 0 heterocycles. The highest BCUT2D eigenvalue weighted by Crippen LogP contribution is 2.40. The molecule has 17 heavy (non-hydrogen) atoms. The number of nitrogens with zero attached hydrogens (tertiary/aromatic N) is 2. The van der Waals surface area contributed by atoms with Crippen molar-refractivity contribution in [2.24, 2.45) is 11.8 Å². The zero-order valence-electron chi connectivity index (χ0n) is 11.2. The number of hydrogen-bond donors (Lipinski definition) is 1. The largest absolute Gasteiger partial charge is 0.301 e. The van der Waals surface area contributed by atoms with E-state index in [2.05, 4.69) is 23.2 Å². The summed E-state index contributed by atoms with van der Waals surface area (Å²) in [5.41, 5.74) is -0.292. The van der Waals surface area contributed by atoms with Gasteiger partial charge in [0.2, 0.25) is 0 Å². The van der Waals surface area contributed by atoms with Crippen molar-refractivity contribution in [3.63, 3.8) is 0 Å². The van der Waals surface area contributed by atoms with Crippen molar-refractivity contribution in [1.82, 2.24) is 10.2 Å². The fraction of sp³-hybridized carbons (Fsp3) is 0.929. The average molecular weight is 235 g/mol. The molecule has 3 heteroatoms. The van der Waals surface area contributed by atoms with E-state index in [4.69, 9.17) is 0 Å². The highest BCUT2D eigenvalue weighted by Gasteiger charge is 2.45. The third kappa shape index (κ3) is 2.81. The summed E-state index contributed by atoms with van der Waals surface area (Å²) in [5.74, 6) is 1.47. The van der Waals surface area contributed by atoms with Crippen molar-refractivity contribution < 1.29 is 0 Å². The first kappa shape index (κ1) is 12.9. The van der Waals surface area contributed by atoms with E-state index in [1.54, 1.807) is 0 Å². The van der Waals surface area contributed by atoms with Crippen molar-refractivity contribution >= 4 is 0 Å². The Morgan fingerprint density at radius 3 is 2.41 bits per heavy atom. The molecule has 2 aliphatic rings. The standard InChI is InChI=1S/C14H25N3/c1-3-17(9-12-5-4-6-12)11-14(10-15,16-2)13-7-8-13/h12-13,16H,3-9,11H2,1-2H3. The Kier molecular flexibility index (Phi) is 4.06. The Balaban J connectivity index is 1.92. The van der Waals surface area contributed by atoms with Crippen LogP contribution in [0, 0.1) is 23.2 Å². The van der Waals surface area contributed by atoms with Crippen LogP contribution in [0.3, 0.4) is 0 Å². The summed E-state index contributed by atoms with van der Waals surface area (Å²) in [5, 5.41) is 12.8. The van der Waals surface area contributed by atoms with Crippen molar-refractivity contribution in [1.29, 1.82) is 5.26 Å². The normalized spacial score (nSPS) is 24.1. The zero-order chi connectivity index (χ0) is 12.3. The average Bonchev–Trinajstić information content (AvgIpc) is 3.12. The van der Waals surface area contributed by atoms with Crippen LogP contribution in [0.4, 0.5) is 0 Å². The maximum absolute atomic E-state index is 9.50. The van der Waals surface area contributed by atoms with Gasteiger partial charge in [-0.05, 0) is 51.1 Å². The van der Waals surface area contributed by atoms with Gasteiger partial charge in [0.25, 0.3) is 0 Å². The number of nitrogens with one attached hydrogen (secondary N) is 1. The number of likely N-dealkylation sites (N-methyl/N-ethyl adjacent to an activating group) is 2. The number of hydrogen-bond acceptors (Lipinski definition) is 3. The van der Waals surface area contributed by atoms with E-state index in [-0.39, 0.29) is 5.54 Å². The van der Waals surface area contributed by atoms with Crippen LogP contribution in [0.1, 0.15) is 39.0 Å². The lowest BCUT2D eigenvalue weighted by atomic mass is 9.84. The van der Waals surface area contributed by atoms with Gasteiger partial charge in [0.15, 0.2) is 0 Å². The van der Waals surface area contributed by atoms with E-state index in [1.165, 1.54) is 38.6 Å². The van der Waals surface area contributed by atoms with Gasteiger partial charge in [-0.2, -0.15) is 5.26 Å². The molecule has 2 saturated carbocycles. The third-order valence-corrected chi connectivity index (χ3v) is 4.58. The van der Waals surface area contributed by atoms with Gasteiger partial charge in [-0.1, -0.05) is 13.3 Å². The van der Waals surface area contributed by atoms with Crippen LogP contribution < -0.4 is 5.32 Å². The molecule has 0 amide bonds. The molecule has 1 N–H and O–H groups in total. The van der Waals surface area contributed by atoms with Crippen LogP contribution in [-0.4, -0.2) is 37.1 Å². The fourth-order valence-electron chi connectivity index (χ4n) is 2.87. The van der Waals surface area contributed by atoms with E-state index in [0.29, 0.717) is 5.92 Å². The molecule has 2 rings (SSSR count). The lowest BCUT2D eigenvalue weighted by molar-refractivity contribution is 0.150. The molecule has 0 aromatic carbocycles. The molecular weight excluding hydrogens is 210 g/mol. The van der Waals surface area contributed by atoms with Crippen molar-refractivity contribution in [3.05, 3.63) is 0 Å². The SMILES string of the molecule is CCN(CC1CCC1)CC(C#N)(NC)C1CC1. The van der Waals surface area contributed by atoms with Crippen molar-refractivity contribution in [2.45, 2.75) is 44.6 Å². The molecule has 96 valence electrons.